The molecule has 3 N–H and O–H groups in total. The van der Waals surface area contributed by atoms with Crippen LogP contribution in [0, 0.1) is 0 Å². The monoisotopic (exact) mass is 253 g/mol. The standard InChI is InChI=1S/C14H23NO3/c1-3-14(2,17)11-15-9-12(16)10-18-13-7-5-4-6-8-13/h4-8,12,15-17H,3,9-11H2,1-2H3. The number of nitrogens with one attached hydrogen (secondary N) is 1. The maximum absolute atomic E-state index is 9.77. The number of para-hydroxylation sites is 1. The molecule has 0 fully saturated rings. The van der Waals surface area contributed by atoms with E-state index in [9.17, 15) is 10.2 Å². The third-order valence-electron chi connectivity index (χ3n) is 2.83. The third kappa shape index (κ3) is 6.00. The Bertz CT molecular complexity index is 327. The van der Waals surface area contributed by atoms with Crippen molar-refractivity contribution in [3.05, 3.63) is 30.3 Å². The minimum Gasteiger partial charge on any atom is -0.491 e. The van der Waals surface area contributed by atoms with Gasteiger partial charge in [-0.15, -0.1) is 0 Å². The van der Waals surface area contributed by atoms with Crippen molar-refractivity contribution in [3.8, 4) is 5.75 Å². The molecule has 18 heavy (non-hydrogen) atoms. The molecule has 2 unspecified atom stereocenters. The third-order valence-corrected chi connectivity index (χ3v) is 2.83. The van der Waals surface area contributed by atoms with Gasteiger partial charge >= 0.3 is 0 Å². The summed E-state index contributed by atoms with van der Waals surface area (Å²) in [5.41, 5.74) is -0.722. The zero-order valence-electron chi connectivity index (χ0n) is 11.1. The minimum absolute atomic E-state index is 0.241. The van der Waals surface area contributed by atoms with Crippen LogP contribution in [0.25, 0.3) is 0 Å². The fraction of sp³-hybridized carbons (Fsp3) is 0.571. The lowest BCUT2D eigenvalue weighted by Crippen LogP contribution is -2.41. The molecule has 0 aromatic heterocycles. The average molecular weight is 253 g/mol. The summed E-state index contributed by atoms with van der Waals surface area (Å²) in [6, 6.07) is 9.39. The quantitative estimate of drug-likeness (QED) is 0.651. The maximum Gasteiger partial charge on any atom is 0.119 e. The molecule has 0 aliphatic heterocycles. The Morgan fingerprint density at radius 2 is 2.00 bits per heavy atom. The van der Waals surface area contributed by atoms with Crippen molar-refractivity contribution < 1.29 is 14.9 Å². The van der Waals surface area contributed by atoms with Crippen molar-refractivity contribution in [1.29, 1.82) is 0 Å². The molecule has 4 heteroatoms. The van der Waals surface area contributed by atoms with Crippen LogP contribution in [0.4, 0.5) is 0 Å². The van der Waals surface area contributed by atoms with Crippen molar-refractivity contribution in [2.45, 2.75) is 32.0 Å². The fourth-order valence-electron chi connectivity index (χ4n) is 1.40. The maximum atomic E-state index is 9.77. The Kier molecular flexibility index (Phi) is 6.12. The topological polar surface area (TPSA) is 61.7 Å². The molecule has 1 aromatic carbocycles. The Labute approximate surface area is 109 Å². The smallest absolute Gasteiger partial charge is 0.119 e. The molecule has 0 heterocycles. The first-order valence-electron chi connectivity index (χ1n) is 6.32. The van der Waals surface area contributed by atoms with Crippen LogP contribution in [0.15, 0.2) is 30.3 Å². The highest BCUT2D eigenvalue weighted by atomic mass is 16.5. The largest absolute Gasteiger partial charge is 0.491 e. The summed E-state index contributed by atoms with van der Waals surface area (Å²) in [5, 5.41) is 22.5. The van der Waals surface area contributed by atoms with E-state index in [4.69, 9.17) is 4.74 Å². The van der Waals surface area contributed by atoms with Crippen LogP contribution in [0.5, 0.6) is 5.75 Å². The van der Waals surface area contributed by atoms with Gasteiger partial charge in [-0.2, -0.15) is 0 Å². The van der Waals surface area contributed by atoms with Gasteiger partial charge < -0.3 is 20.3 Å². The molecule has 102 valence electrons. The molecular formula is C14H23NO3. The van der Waals surface area contributed by atoms with Crippen molar-refractivity contribution in [1.82, 2.24) is 5.32 Å². The summed E-state index contributed by atoms with van der Waals surface area (Å²) in [7, 11) is 0. The molecular weight excluding hydrogens is 230 g/mol. The van der Waals surface area contributed by atoms with E-state index < -0.39 is 11.7 Å². The molecule has 2 atom stereocenters. The molecule has 0 radical (unpaired) electrons. The lowest BCUT2D eigenvalue weighted by Gasteiger charge is -2.22. The van der Waals surface area contributed by atoms with E-state index >= 15 is 0 Å². The highest BCUT2D eigenvalue weighted by molar-refractivity contribution is 5.20. The Morgan fingerprint density at radius 3 is 2.61 bits per heavy atom. The van der Waals surface area contributed by atoms with Crippen LogP contribution in [-0.4, -0.2) is 41.6 Å². The van der Waals surface area contributed by atoms with E-state index in [-0.39, 0.29) is 6.61 Å². The van der Waals surface area contributed by atoms with Gasteiger partial charge in [0, 0.05) is 13.1 Å². The normalized spacial score (nSPS) is 16.0. The molecule has 0 aliphatic rings. The van der Waals surface area contributed by atoms with E-state index in [1.54, 1.807) is 6.92 Å². The summed E-state index contributed by atoms with van der Waals surface area (Å²) >= 11 is 0. The van der Waals surface area contributed by atoms with Gasteiger partial charge in [0.15, 0.2) is 0 Å². The van der Waals surface area contributed by atoms with Crippen molar-refractivity contribution in [3.63, 3.8) is 0 Å². The second-order valence-corrected chi connectivity index (χ2v) is 4.76. The summed E-state index contributed by atoms with van der Waals surface area (Å²) in [5.74, 6) is 0.747. The fourth-order valence-corrected chi connectivity index (χ4v) is 1.40. The number of rotatable bonds is 8. The summed E-state index contributed by atoms with van der Waals surface area (Å²) in [6.07, 6.45) is 0.0919. The van der Waals surface area contributed by atoms with E-state index in [0.717, 1.165) is 5.75 Å². The van der Waals surface area contributed by atoms with Crippen molar-refractivity contribution >= 4 is 0 Å². The summed E-state index contributed by atoms with van der Waals surface area (Å²) in [6.45, 7) is 4.81. The molecule has 1 rings (SSSR count). The Hall–Kier alpha value is -1.10. The van der Waals surface area contributed by atoms with Gasteiger partial charge in [-0.3, -0.25) is 0 Å². The molecule has 0 amide bonds. The number of ether oxygens (including phenoxy) is 1. The van der Waals surface area contributed by atoms with Gasteiger partial charge in [0.25, 0.3) is 0 Å². The van der Waals surface area contributed by atoms with Crippen molar-refractivity contribution in [2.24, 2.45) is 0 Å². The van der Waals surface area contributed by atoms with Gasteiger partial charge in [-0.1, -0.05) is 25.1 Å². The van der Waals surface area contributed by atoms with E-state index in [1.807, 2.05) is 37.3 Å². The zero-order chi connectivity index (χ0) is 13.4. The molecule has 1 aromatic rings. The van der Waals surface area contributed by atoms with Gasteiger partial charge in [-0.25, -0.2) is 0 Å². The number of aliphatic hydroxyl groups excluding tert-OH is 1. The van der Waals surface area contributed by atoms with Crippen LogP contribution < -0.4 is 10.1 Å². The van der Waals surface area contributed by atoms with E-state index in [1.165, 1.54) is 0 Å². The van der Waals surface area contributed by atoms with Crippen LogP contribution in [-0.2, 0) is 0 Å². The minimum atomic E-state index is -0.722. The van der Waals surface area contributed by atoms with Crippen LogP contribution in [0.1, 0.15) is 20.3 Å². The Morgan fingerprint density at radius 1 is 1.33 bits per heavy atom. The zero-order valence-corrected chi connectivity index (χ0v) is 11.1. The van der Waals surface area contributed by atoms with Gasteiger partial charge in [0.1, 0.15) is 18.5 Å². The molecule has 0 spiro atoms. The first-order chi connectivity index (χ1) is 8.53. The molecule has 0 saturated heterocycles. The number of aliphatic hydroxyl groups is 2. The number of benzene rings is 1. The highest BCUT2D eigenvalue weighted by Crippen LogP contribution is 2.08. The summed E-state index contributed by atoms with van der Waals surface area (Å²) < 4.78 is 5.42. The molecule has 4 nitrogen and oxygen atoms in total. The lowest BCUT2D eigenvalue weighted by atomic mass is 10.0. The second-order valence-electron chi connectivity index (χ2n) is 4.76. The van der Waals surface area contributed by atoms with Crippen LogP contribution in [0.3, 0.4) is 0 Å². The molecule has 0 saturated carbocycles. The van der Waals surface area contributed by atoms with Crippen LogP contribution in [0.2, 0.25) is 0 Å². The second kappa shape index (κ2) is 7.36. The highest BCUT2D eigenvalue weighted by Gasteiger charge is 2.17. The van der Waals surface area contributed by atoms with Gasteiger partial charge in [0.05, 0.1) is 5.60 Å². The lowest BCUT2D eigenvalue weighted by molar-refractivity contribution is 0.0476. The number of hydrogen-bond acceptors (Lipinski definition) is 4. The predicted molar refractivity (Wildman–Crippen MR) is 71.7 cm³/mol. The van der Waals surface area contributed by atoms with Crippen LogP contribution >= 0.6 is 0 Å². The molecule has 0 bridgehead atoms. The van der Waals surface area contributed by atoms with Crippen molar-refractivity contribution in [2.75, 3.05) is 19.7 Å². The van der Waals surface area contributed by atoms with Gasteiger partial charge in [-0.05, 0) is 25.5 Å². The first kappa shape index (κ1) is 15.0. The van der Waals surface area contributed by atoms with E-state index in [0.29, 0.717) is 19.5 Å². The first-order valence-corrected chi connectivity index (χ1v) is 6.32. The number of hydrogen-bond donors (Lipinski definition) is 3. The molecule has 0 aliphatic carbocycles. The average Bonchev–Trinajstić information content (AvgIpc) is 2.37. The Balaban J connectivity index is 2.16. The van der Waals surface area contributed by atoms with E-state index in [2.05, 4.69) is 5.32 Å². The summed E-state index contributed by atoms with van der Waals surface area (Å²) in [4.78, 5) is 0. The predicted octanol–water partition coefficient (Wildman–Crippen LogP) is 1.18. The SMILES string of the molecule is CCC(C)(O)CNCC(O)COc1ccccc1. The van der Waals surface area contributed by atoms with Gasteiger partial charge in [0.2, 0.25) is 0 Å².